The van der Waals surface area contributed by atoms with Crippen LogP contribution in [0.3, 0.4) is 0 Å². The third kappa shape index (κ3) is 5.77. The summed E-state index contributed by atoms with van der Waals surface area (Å²) >= 11 is 0. The number of benzene rings is 2. The number of imide groups is 1. The highest BCUT2D eigenvalue weighted by Gasteiger charge is 2.15. The first-order valence-corrected chi connectivity index (χ1v) is 7.97. The second-order valence-corrected chi connectivity index (χ2v) is 5.37. The van der Waals surface area contributed by atoms with Crippen molar-refractivity contribution in [2.24, 2.45) is 0 Å². The van der Waals surface area contributed by atoms with Crippen molar-refractivity contribution in [2.45, 2.75) is 0 Å². The molecule has 2 rings (SSSR count). The molecule has 0 bridgehead atoms. The lowest BCUT2D eigenvalue weighted by Gasteiger charge is -2.08. The zero-order valence-corrected chi connectivity index (χ0v) is 14.8. The molecule has 0 unspecified atom stereocenters. The van der Waals surface area contributed by atoms with Crippen LogP contribution in [0.4, 0.5) is 5.69 Å². The van der Waals surface area contributed by atoms with Crippen molar-refractivity contribution in [1.29, 1.82) is 0 Å². The second kappa shape index (κ2) is 9.62. The number of methoxy groups -OCH3 is 1. The Hall–Kier alpha value is -4.01. The molecule has 0 spiro atoms. The molecule has 0 saturated heterocycles. The van der Waals surface area contributed by atoms with Gasteiger partial charge in [0.05, 0.1) is 17.6 Å². The van der Waals surface area contributed by atoms with Gasteiger partial charge < -0.3 is 9.47 Å². The average molecular weight is 384 g/mol. The van der Waals surface area contributed by atoms with E-state index < -0.39 is 29.3 Å². The summed E-state index contributed by atoms with van der Waals surface area (Å²) in [5.74, 6) is -2.05. The van der Waals surface area contributed by atoms with Gasteiger partial charge in [0.2, 0.25) is 0 Å². The molecule has 0 radical (unpaired) electrons. The largest absolute Gasteiger partial charge is 0.496 e. The molecule has 9 nitrogen and oxygen atoms in total. The third-order valence-corrected chi connectivity index (χ3v) is 3.44. The van der Waals surface area contributed by atoms with Crippen molar-refractivity contribution in [1.82, 2.24) is 5.32 Å². The van der Waals surface area contributed by atoms with Crippen molar-refractivity contribution in [3.05, 3.63) is 75.8 Å². The summed E-state index contributed by atoms with van der Waals surface area (Å²) in [6, 6.07) is 12.0. The number of hydrogen-bond donors (Lipinski definition) is 1. The van der Waals surface area contributed by atoms with Crippen LogP contribution >= 0.6 is 0 Å². The van der Waals surface area contributed by atoms with Gasteiger partial charge in [-0.25, -0.2) is 4.79 Å². The van der Waals surface area contributed by atoms with Crippen LogP contribution in [0.2, 0.25) is 0 Å². The normalized spacial score (nSPS) is 10.3. The van der Waals surface area contributed by atoms with E-state index in [9.17, 15) is 24.5 Å². The number of carbonyl (C=O) groups is 3. The van der Waals surface area contributed by atoms with E-state index in [0.29, 0.717) is 11.3 Å². The minimum atomic E-state index is -0.841. The second-order valence-electron chi connectivity index (χ2n) is 5.37. The fraction of sp³-hybridized carbons (Fsp3) is 0.105. The highest BCUT2D eigenvalue weighted by atomic mass is 16.6. The summed E-state index contributed by atoms with van der Waals surface area (Å²) in [5.41, 5.74) is 0.460. The molecular formula is C19H16N2O7. The number of nitro groups is 1. The van der Waals surface area contributed by atoms with Crippen LogP contribution in [-0.2, 0) is 14.3 Å². The van der Waals surface area contributed by atoms with E-state index in [1.165, 1.54) is 37.5 Å². The van der Waals surface area contributed by atoms with Crippen LogP contribution < -0.4 is 10.1 Å². The maximum Gasteiger partial charge on any atom is 0.331 e. The topological polar surface area (TPSA) is 125 Å². The van der Waals surface area contributed by atoms with E-state index in [4.69, 9.17) is 9.47 Å². The molecule has 2 aromatic rings. The number of ether oxygens (including phenoxy) is 2. The van der Waals surface area contributed by atoms with Gasteiger partial charge in [0.15, 0.2) is 6.61 Å². The predicted molar refractivity (Wildman–Crippen MR) is 98.6 cm³/mol. The van der Waals surface area contributed by atoms with Gasteiger partial charge in [-0.1, -0.05) is 24.3 Å². The molecule has 1 N–H and O–H groups in total. The Bertz CT molecular complexity index is 937. The fourth-order valence-corrected chi connectivity index (χ4v) is 2.15. The quantitative estimate of drug-likeness (QED) is 0.335. The number of para-hydroxylation sites is 1. The zero-order valence-electron chi connectivity index (χ0n) is 14.8. The van der Waals surface area contributed by atoms with Crippen LogP contribution in [0.5, 0.6) is 5.75 Å². The number of non-ortho nitro benzene ring substituents is 1. The van der Waals surface area contributed by atoms with E-state index in [1.807, 2.05) is 0 Å². The molecule has 0 aromatic heterocycles. The molecule has 0 heterocycles. The summed E-state index contributed by atoms with van der Waals surface area (Å²) in [4.78, 5) is 45.7. The number of hydrogen-bond acceptors (Lipinski definition) is 7. The Morgan fingerprint density at radius 2 is 1.89 bits per heavy atom. The minimum absolute atomic E-state index is 0.121. The van der Waals surface area contributed by atoms with E-state index in [2.05, 4.69) is 5.32 Å². The van der Waals surface area contributed by atoms with Crippen LogP contribution in [0.1, 0.15) is 15.9 Å². The molecule has 2 aromatic carbocycles. The molecule has 0 aliphatic heterocycles. The predicted octanol–water partition coefficient (Wildman–Crippen LogP) is 2.12. The highest BCUT2D eigenvalue weighted by molar-refractivity contribution is 6.06. The number of amides is 2. The lowest BCUT2D eigenvalue weighted by molar-refractivity contribution is -0.384. The van der Waals surface area contributed by atoms with Gasteiger partial charge in [0.25, 0.3) is 17.5 Å². The lowest BCUT2D eigenvalue weighted by atomic mass is 10.2. The Morgan fingerprint density at radius 1 is 1.14 bits per heavy atom. The number of rotatable bonds is 7. The molecule has 2 amide bonds. The Labute approximate surface area is 159 Å². The Kier molecular flexibility index (Phi) is 6.98. The van der Waals surface area contributed by atoms with Crippen molar-refractivity contribution in [3.8, 4) is 5.75 Å². The standard InChI is InChI=1S/C19H16N2O7/c1-27-16-8-3-2-7-15(16)19(24)20-17(22)12-28-18(23)10-9-13-5-4-6-14(11-13)21(25)26/h2-11H,12H2,1H3,(H,20,22,24)/b10-9+. The van der Waals surface area contributed by atoms with Crippen LogP contribution in [0.15, 0.2) is 54.6 Å². The summed E-state index contributed by atoms with van der Waals surface area (Å²) in [7, 11) is 1.39. The van der Waals surface area contributed by atoms with Gasteiger partial charge in [-0.15, -0.1) is 0 Å². The Morgan fingerprint density at radius 3 is 2.61 bits per heavy atom. The first kappa shape index (κ1) is 20.3. The monoisotopic (exact) mass is 384 g/mol. The fourth-order valence-electron chi connectivity index (χ4n) is 2.15. The number of nitrogens with zero attached hydrogens (tertiary/aromatic N) is 1. The SMILES string of the molecule is COc1ccccc1C(=O)NC(=O)COC(=O)/C=C/c1cccc([N+](=O)[O-])c1. The summed E-state index contributed by atoms with van der Waals surface area (Å²) in [6.07, 6.45) is 2.33. The van der Waals surface area contributed by atoms with Crippen LogP contribution in [0, 0.1) is 10.1 Å². The molecule has 28 heavy (non-hydrogen) atoms. The molecule has 144 valence electrons. The van der Waals surface area contributed by atoms with Crippen LogP contribution in [0.25, 0.3) is 6.08 Å². The lowest BCUT2D eigenvalue weighted by Crippen LogP contribution is -2.34. The van der Waals surface area contributed by atoms with Gasteiger partial charge in [-0.05, 0) is 23.8 Å². The number of nitro benzene ring substituents is 1. The first-order valence-electron chi connectivity index (χ1n) is 7.97. The number of esters is 1. The minimum Gasteiger partial charge on any atom is -0.496 e. The summed E-state index contributed by atoms with van der Waals surface area (Å²) < 4.78 is 9.78. The summed E-state index contributed by atoms with van der Waals surface area (Å²) in [5, 5.41) is 12.8. The molecule has 0 atom stereocenters. The molecule has 9 heteroatoms. The zero-order chi connectivity index (χ0) is 20.5. The smallest absolute Gasteiger partial charge is 0.331 e. The maximum absolute atomic E-state index is 12.1. The maximum atomic E-state index is 12.1. The van der Waals surface area contributed by atoms with Gasteiger partial charge in [0, 0.05) is 18.2 Å². The van der Waals surface area contributed by atoms with Crippen molar-refractivity contribution >= 4 is 29.5 Å². The molecular weight excluding hydrogens is 368 g/mol. The van der Waals surface area contributed by atoms with Crippen LogP contribution in [-0.4, -0.2) is 36.4 Å². The van der Waals surface area contributed by atoms with E-state index >= 15 is 0 Å². The summed E-state index contributed by atoms with van der Waals surface area (Å²) in [6.45, 7) is -0.668. The third-order valence-electron chi connectivity index (χ3n) is 3.44. The van der Waals surface area contributed by atoms with Gasteiger partial charge in [-0.2, -0.15) is 0 Å². The van der Waals surface area contributed by atoms with Gasteiger partial charge >= 0.3 is 5.97 Å². The van der Waals surface area contributed by atoms with Crippen molar-refractivity contribution in [3.63, 3.8) is 0 Å². The molecule has 0 saturated carbocycles. The average Bonchev–Trinajstić information content (AvgIpc) is 2.70. The van der Waals surface area contributed by atoms with E-state index in [-0.39, 0.29) is 11.3 Å². The molecule has 0 aliphatic carbocycles. The number of nitrogens with one attached hydrogen (secondary N) is 1. The number of carbonyl (C=O) groups excluding carboxylic acids is 3. The Balaban J connectivity index is 1.87. The molecule has 0 aliphatic rings. The van der Waals surface area contributed by atoms with Gasteiger partial charge in [-0.3, -0.25) is 25.0 Å². The van der Waals surface area contributed by atoms with Gasteiger partial charge in [0.1, 0.15) is 5.75 Å². The molecule has 0 fully saturated rings. The first-order chi connectivity index (χ1) is 13.4. The van der Waals surface area contributed by atoms with Crippen molar-refractivity contribution < 1.29 is 28.8 Å². The van der Waals surface area contributed by atoms with E-state index in [0.717, 1.165) is 6.08 Å². The van der Waals surface area contributed by atoms with E-state index in [1.54, 1.807) is 24.3 Å². The van der Waals surface area contributed by atoms with Crippen molar-refractivity contribution in [2.75, 3.05) is 13.7 Å². The highest BCUT2D eigenvalue weighted by Crippen LogP contribution is 2.17.